The third-order valence-corrected chi connectivity index (χ3v) is 3.57. The normalized spacial score (nSPS) is 16.1. The number of carbonyl (C=O) groups is 2. The number of hydrogen-bond donors (Lipinski definition) is 2. The number of carboxylic acids is 1. The van der Waals surface area contributed by atoms with E-state index in [2.05, 4.69) is 14.9 Å². The van der Waals surface area contributed by atoms with Crippen molar-refractivity contribution in [3.05, 3.63) is 6.20 Å². The van der Waals surface area contributed by atoms with Crippen LogP contribution in [0.5, 0.6) is 0 Å². The molecule has 0 radical (unpaired) electrons. The van der Waals surface area contributed by atoms with E-state index in [1.54, 1.807) is 4.90 Å². The van der Waals surface area contributed by atoms with Crippen molar-refractivity contribution in [2.45, 2.75) is 25.4 Å². The zero-order valence-corrected chi connectivity index (χ0v) is 11.6. The largest absolute Gasteiger partial charge is 0.481 e. The molecule has 0 aliphatic carbocycles. The number of ether oxygens (including phenoxy) is 1. The average molecular weight is 300 g/mol. The third kappa shape index (κ3) is 4.42. The first-order chi connectivity index (χ1) is 9.65. The molecule has 0 saturated carbocycles. The van der Waals surface area contributed by atoms with Crippen LogP contribution >= 0.6 is 11.5 Å². The number of amides is 2. The minimum atomic E-state index is -0.861. The van der Waals surface area contributed by atoms with Crippen LogP contribution in [-0.4, -0.2) is 57.4 Å². The predicted octanol–water partition coefficient (Wildman–Crippen LogP) is 1.03. The molecule has 0 aromatic carbocycles. The molecule has 1 saturated heterocycles. The summed E-state index contributed by atoms with van der Waals surface area (Å²) in [5.41, 5.74) is 0. The number of piperidine rings is 1. The van der Waals surface area contributed by atoms with Gasteiger partial charge in [0.2, 0.25) is 0 Å². The molecule has 2 N–H and O–H groups in total. The molecule has 0 bridgehead atoms. The van der Waals surface area contributed by atoms with Crippen LogP contribution in [0.25, 0.3) is 0 Å². The summed E-state index contributed by atoms with van der Waals surface area (Å²) in [5, 5.41) is 15.5. The standard InChI is InChI=1S/C11H16N4O4S/c16-10(17)3-6-19-8-1-4-15(5-2-8)11(18)13-9-7-12-14-20-9/h7-8H,1-6H2,(H,13,18)(H,16,17). The van der Waals surface area contributed by atoms with Crippen molar-refractivity contribution in [1.82, 2.24) is 14.5 Å². The second-order valence-electron chi connectivity index (χ2n) is 4.41. The molecule has 1 aliphatic rings. The summed E-state index contributed by atoms with van der Waals surface area (Å²) >= 11 is 1.13. The summed E-state index contributed by atoms with van der Waals surface area (Å²) in [4.78, 5) is 24.0. The van der Waals surface area contributed by atoms with E-state index in [9.17, 15) is 9.59 Å². The minimum absolute atomic E-state index is 0.0130. The number of aromatic nitrogens is 2. The SMILES string of the molecule is O=C(O)CCOC1CCN(C(=O)Nc2cnns2)CC1. The van der Waals surface area contributed by atoms with Gasteiger partial charge in [0, 0.05) is 24.6 Å². The first kappa shape index (κ1) is 14.7. The lowest BCUT2D eigenvalue weighted by Gasteiger charge is -2.31. The molecule has 2 amide bonds. The fourth-order valence-corrected chi connectivity index (χ4v) is 2.35. The molecule has 2 rings (SSSR count). The quantitative estimate of drug-likeness (QED) is 0.841. The zero-order chi connectivity index (χ0) is 14.4. The van der Waals surface area contributed by atoms with Crippen LogP contribution in [0.4, 0.5) is 9.80 Å². The maximum atomic E-state index is 11.9. The summed E-state index contributed by atoms with van der Waals surface area (Å²) < 4.78 is 9.14. The molecule has 1 aromatic rings. The van der Waals surface area contributed by atoms with E-state index in [1.807, 2.05) is 0 Å². The number of nitrogens with one attached hydrogen (secondary N) is 1. The Hall–Kier alpha value is -1.74. The van der Waals surface area contributed by atoms with E-state index in [4.69, 9.17) is 9.84 Å². The lowest BCUT2D eigenvalue weighted by atomic mass is 10.1. The summed E-state index contributed by atoms with van der Waals surface area (Å²) in [6.07, 6.45) is 2.98. The number of rotatable bonds is 5. The lowest BCUT2D eigenvalue weighted by molar-refractivity contribution is -0.138. The number of carboxylic acid groups (broad SMARTS) is 1. The molecular weight excluding hydrogens is 284 g/mol. The molecule has 1 fully saturated rings. The van der Waals surface area contributed by atoms with Crippen molar-refractivity contribution in [2.75, 3.05) is 25.0 Å². The van der Waals surface area contributed by atoms with Gasteiger partial charge < -0.3 is 14.7 Å². The van der Waals surface area contributed by atoms with Gasteiger partial charge in [0.25, 0.3) is 0 Å². The summed E-state index contributed by atoms with van der Waals surface area (Å²) in [5.74, 6) is -0.861. The van der Waals surface area contributed by atoms with Crippen molar-refractivity contribution >= 4 is 28.5 Å². The van der Waals surface area contributed by atoms with E-state index in [0.29, 0.717) is 30.9 Å². The maximum Gasteiger partial charge on any atom is 0.322 e. The predicted molar refractivity (Wildman–Crippen MR) is 71.7 cm³/mol. The molecule has 1 aliphatic heterocycles. The highest BCUT2D eigenvalue weighted by Crippen LogP contribution is 2.16. The average Bonchev–Trinajstić information content (AvgIpc) is 2.92. The van der Waals surface area contributed by atoms with E-state index in [1.165, 1.54) is 6.20 Å². The van der Waals surface area contributed by atoms with Gasteiger partial charge in [-0.15, -0.1) is 5.10 Å². The molecule has 110 valence electrons. The summed E-state index contributed by atoms with van der Waals surface area (Å²) in [6.45, 7) is 1.41. The monoisotopic (exact) mass is 300 g/mol. The van der Waals surface area contributed by atoms with Gasteiger partial charge in [0.05, 0.1) is 25.3 Å². The van der Waals surface area contributed by atoms with Gasteiger partial charge in [-0.05, 0) is 12.8 Å². The van der Waals surface area contributed by atoms with Gasteiger partial charge in [-0.3, -0.25) is 10.1 Å². The van der Waals surface area contributed by atoms with E-state index < -0.39 is 5.97 Å². The number of aliphatic carboxylic acids is 1. The van der Waals surface area contributed by atoms with Crippen molar-refractivity contribution in [2.24, 2.45) is 0 Å². The smallest absolute Gasteiger partial charge is 0.322 e. The van der Waals surface area contributed by atoms with Crippen molar-refractivity contribution < 1.29 is 19.4 Å². The van der Waals surface area contributed by atoms with Gasteiger partial charge in [0.15, 0.2) is 0 Å². The Bertz CT molecular complexity index is 445. The highest BCUT2D eigenvalue weighted by atomic mass is 32.1. The van der Waals surface area contributed by atoms with Crippen LogP contribution < -0.4 is 5.32 Å². The Morgan fingerprint density at radius 3 is 2.85 bits per heavy atom. The number of nitrogens with zero attached hydrogens (tertiary/aromatic N) is 3. The molecule has 8 nitrogen and oxygen atoms in total. The summed E-state index contributed by atoms with van der Waals surface area (Å²) in [7, 11) is 0. The van der Waals surface area contributed by atoms with Gasteiger partial charge in [-0.25, -0.2) is 4.79 Å². The molecule has 2 heterocycles. The topological polar surface area (TPSA) is 105 Å². The Kier molecular flexibility index (Phi) is 5.24. The van der Waals surface area contributed by atoms with Gasteiger partial charge in [-0.2, -0.15) is 0 Å². The Balaban J connectivity index is 1.68. The Labute approximate surface area is 119 Å². The molecule has 0 spiro atoms. The molecule has 0 atom stereocenters. The van der Waals surface area contributed by atoms with Crippen LogP contribution in [-0.2, 0) is 9.53 Å². The van der Waals surface area contributed by atoms with Crippen molar-refractivity contribution in [3.63, 3.8) is 0 Å². The molecule has 20 heavy (non-hydrogen) atoms. The lowest BCUT2D eigenvalue weighted by Crippen LogP contribution is -2.43. The maximum absolute atomic E-state index is 11.9. The van der Waals surface area contributed by atoms with Crippen molar-refractivity contribution in [1.29, 1.82) is 0 Å². The van der Waals surface area contributed by atoms with Gasteiger partial charge >= 0.3 is 12.0 Å². The van der Waals surface area contributed by atoms with Crippen LogP contribution in [0.1, 0.15) is 19.3 Å². The number of urea groups is 1. The van der Waals surface area contributed by atoms with E-state index in [0.717, 1.165) is 11.5 Å². The van der Waals surface area contributed by atoms with Gasteiger partial charge in [-0.1, -0.05) is 4.49 Å². The van der Waals surface area contributed by atoms with Crippen LogP contribution in [0.3, 0.4) is 0 Å². The Morgan fingerprint density at radius 1 is 1.50 bits per heavy atom. The fraction of sp³-hybridized carbons (Fsp3) is 0.636. The minimum Gasteiger partial charge on any atom is -0.481 e. The van der Waals surface area contributed by atoms with E-state index >= 15 is 0 Å². The van der Waals surface area contributed by atoms with E-state index in [-0.39, 0.29) is 25.2 Å². The van der Waals surface area contributed by atoms with Gasteiger partial charge in [0.1, 0.15) is 5.00 Å². The third-order valence-electron chi connectivity index (χ3n) is 2.99. The van der Waals surface area contributed by atoms with Crippen LogP contribution in [0, 0.1) is 0 Å². The highest BCUT2D eigenvalue weighted by Gasteiger charge is 2.23. The molecule has 1 aromatic heterocycles. The molecule has 9 heteroatoms. The van der Waals surface area contributed by atoms with Crippen LogP contribution in [0.15, 0.2) is 6.20 Å². The van der Waals surface area contributed by atoms with Crippen molar-refractivity contribution in [3.8, 4) is 0 Å². The number of carbonyl (C=O) groups excluding carboxylic acids is 1. The zero-order valence-electron chi connectivity index (χ0n) is 10.8. The summed E-state index contributed by atoms with van der Waals surface area (Å²) in [6, 6.07) is -0.167. The van der Waals surface area contributed by atoms with Crippen LogP contribution in [0.2, 0.25) is 0 Å². The fourth-order valence-electron chi connectivity index (χ4n) is 1.95. The number of likely N-dealkylation sites (tertiary alicyclic amines) is 1. The second kappa shape index (κ2) is 7.15. The highest BCUT2D eigenvalue weighted by molar-refractivity contribution is 7.10. The first-order valence-corrected chi connectivity index (χ1v) is 7.09. The molecule has 0 unspecified atom stereocenters. The second-order valence-corrected chi connectivity index (χ2v) is 5.20. The number of anilines is 1. The number of hydrogen-bond acceptors (Lipinski definition) is 6. The molecular formula is C11H16N4O4S. The first-order valence-electron chi connectivity index (χ1n) is 6.32. The Morgan fingerprint density at radius 2 is 2.25 bits per heavy atom.